The van der Waals surface area contributed by atoms with Crippen molar-refractivity contribution in [3.63, 3.8) is 0 Å². The average molecular weight is 351 g/mol. The van der Waals surface area contributed by atoms with E-state index in [1.807, 2.05) is 24.4 Å². The van der Waals surface area contributed by atoms with Gasteiger partial charge in [0.15, 0.2) is 5.82 Å². The quantitative estimate of drug-likeness (QED) is 0.895. The van der Waals surface area contributed by atoms with Gasteiger partial charge in [0.05, 0.1) is 5.69 Å². The number of carbonyl (C=O) groups is 1. The number of carboxylic acids is 1. The lowest BCUT2D eigenvalue weighted by Crippen LogP contribution is -2.45. The van der Waals surface area contributed by atoms with E-state index in [1.54, 1.807) is 0 Å². The first-order valence-electron chi connectivity index (χ1n) is 9.52. The zero-order valence-electron chi connectivity index (χ0n) is 15.0. The van der Waals surface area contributed by atoms with E-state index in [9.17, 15) is 4.79 Å². The minimum absolute atomic E-state index is 0.114. The van der Waals surface area contributed by atoms with Crippen LogP contribution in [0.1, 0.15) is 43.4 Å². The largest absolute Gasteiger partial charge is 0.481 e. The highest BCUT2D eigenvalue weighted by atomic mass is 16.4. The first-order valence-corrected chi connectivity index (χ1v) is 9.52. The number of hydrogen-bond donors (Lipinski definition) is 1. The molecule has 1 spiro atoms. The molecule has 5 nitrogen and oxygen atoms in total. The molecular formula is C21H25N3O2. The number of nitrogens with zero attached hydrogens (tertiary/aromatic N) is 3. The molecule has 1 aliphatic carbocycles. The minimum atomic E-state index is -0.705. The molecule has 0 amide bonds. The molecule has 2 aliphatic rings. The second-order valence-electron chi connectivity index (χ2n) is 7.59. The van der Waals surface area contributed by atoms with E-state index in [0.717, 1.165) is 56.7 Å². The fraction of sp³-hybridized carbons (Fsp3) is 0.476. The number of hydrogen-bond acceptors (Lipinski definition) is 4. The predicted octanol–water partition coefficient (Wildman–Crippen LogP) is 3.29. The molecule has 0 saturated carbocycles. The van der Waals surface area contributed by atoms with E-state index in [2.05, 4.69) is 22.0 Å². The van der Waals surface area contributed by atoms with Crippen LogP contribution in [0, 0.1) is 0 Å². The Balaban J connectivity index is 1.56. The number of rotatable bonds is 5. The van der Waals surface area contributed by atoms with Crippen LogP contribution in [0.3, 0.4) is 0 Å². The molecular weight excluding hydrogens is 326 g/mol. The molecule has 1 fully saturated rings. The Morgan fingerprint density at radius 2 is 2.08 bits per heavy atom. The molecule has 5 heteroatoms. The molecule has 0 radical (unpaired) electrons. The van der Waals surface area contributed by atoms with Gasteiger partial charge in [-0.25, -0.2) is 9.97 Å². The van der Waals surface area contributed by atoms with Crippen molar-refractivity contribution in [3.05, 3.63) is 47.8 Å². The molecule has 136 valence electrons. The topological polar surface area (TPSA) is 66.3 Å². The first-order chi connectivity index (χ1) is 12.7. The van der Waals surface area contributed by atoms with Crippen LogP contribution in [0.2, 0.25) is 0 Å². The summed E-state index contributed by atoms with van der Waals surface area (Å²) in [6.07, 6.45) is 7.48. The zero-order chi connectivity index (χ0) is 18.0. The molecule has 1 atom stereocenters. The monoisotopic (exact) mass is 351 g/mol. The fourth-order valence-electron chi connectivity index (χ4n) is 4.54. The maximum absolute atomic E-state index is 10.8. The van der Waals surface area contributed by atoms with E-state index >= 15 is 0 Å². The summed E-state index contributed by atoms with van der Waals surface area (Å²) in [5.41, 5.74) is 3.70. The van der Waals surface area contributed by atoms with Crippen LogP contribution in [-0.2, 0) is 16.6 Å². The van der Waals surface area contributed by atoms with Crippen LogP contribution < -0.4 is 0 Å². The van der Waals surface area contributed by atoms with E-state index in [1.165, 1.54) is 17.7 Å². The second-order valence-corrected chi connectivity index (χ2v) is 7.59. The van der Waals surface area contributed by atoms with E-state index < -0.39 is 5.97 Å². The smallest absolute Gasteiger partial charge is 0.303 e. The summed E-state index contributed by atoms with van der Waals surface area (Å²) < 4.78 is 0. The molecule has 2 heterocycles. The van der Waals surface area contributed by atoms with Crippen molar-refractivity contribution in [1.82, 2.24) is 14.9 Å². The van der Waals surface area contributed by atoms with Gasteiger partial charge in [-0.05, 0) is 50.8 Å². The summed E-state index contributed by atoms with van der Waals surface area (Å²) in [5.74, 6) is 0.108. The summed E-state index contributed by atoms with van der Waals surface area (Å²) >= 11 is 0. The Labute approximate surface area is 154 Å². The molecule has 1 aromatic carbocycles. The lowest BCUT2D eigenvalue weighted by Gasteiger charge is -2.40. The van der Waals surface area contributed by atoms with E-state index in [0.29, 0.717) is 0 Å². The number of piperidine rings is 1. The molecule has 1 unspecified atom stereocenters. The van der Waals surface area contributed by atoms with Crippen molar-refractivity contribution in [2.75, 3.05) is 19.6 Å². The fourth-order valence-corrected chi connectivity index (χ4v) is 4.54. The van der Waals surface area contributed by atoms with Crippen molar-refractivity contribution < 1.29 is 9.90 Å². The third-order valence-corrected chi connectivity index (χ3v) is 5.79. The zero-order valence-corrected chi connectivity index (χ0v) is 15.0. The van der Waals surface area contributed by atoms with E-state index in [4.69, 9.17) is 10.1 Å². The Hall–Kier alpha value is -2.27. The second kappa shape index (κ2) is 7.16. The van der Waals surface area contributed by atoms with Crippen molar-refractivity contribution in [3.8, 4) is 11.4 Å². The number of fused-ring (bicyclic) bond motifs is 2. The standard InChI is InChI=1S/C21H25N3O2/c25-18(26)8-4-12-24-13-5-10-21(15-24)11-9-17-14-22-20(23-19(17)21)16-6-2-1-3-7-16/h1-3,6-7,14H,4-5,8-13,15H2,(H,25,26). The summed E-state index contributed by atoms with van der Waals surface area (Å²) in [7, 11) is 0. The molecule has 1 aliphatic heterocycles. The highest BCUT2D eigenvalue weighted by Crippen LogP contribution is 2.44. The molecule has 1 N–H and O–H groups in total. The Morgan fingerprint density at radius 3 is 2.88 bits per heavy atom. The van der Waals surface area contributed by atoms with Gasteiger partial charge < -0.3 is 10.0 Å². The summed E-state index contributed by atoms with van der Waals surface area (Å²) in [6.45, 7) is 2.91. The summed E-state index contributed by atoms with van der Waals surface area (Å²) in [5, 5.41) is 8.88. The van der Waals surface area contributed by atoms with Crippen LogP contribution in [0.15, 0.2) is 36.5 Å². The van der Waals surface area contributed by atoms with Crippen LogP contribution >= 0.6 is 0 Å². The van der Waals surface area contributed by atoms with E-state index in [-0.39, 0.29) is 11.8 Å². The molecule has 1 saturated heterocycles. The Morgan fingerprint density at radius 1 is 1.23 bits per heavy atom. The van der Waals surface area contributed by atoms with Gasteiger partial charge in [0, 0.05) is 30.1 Å². The van der Waals surface area contributed by atoms with Crippen molar-refractivity contribution >= 4 is 5.97 Å². The van der Waals surface area contributed by atoms with Gasteiger partial charge in [-0.3, -0.25) is 4.79 Å². The van der Waals surface area contributed by atoms with Gasteiger partial charge in [-0.1, -0.05) is 30.3 Å². The highest BCUT2D eigenvalue weighted by molar-refractivity contribution is 5.66. The van der Waals surface area contributed by atoms with Gasteiger partial charge >= 0.3 is 5.97 Å². The van der Waals surface area contributed by atoms with Crippen LogP contribution in [0.5, 0.6) is 0 Å². The van der Waals surface area contributed by atoms with Gasteiger partial charge in [-0.15, -0.1) is 0 Å². The third-order valence-electron chi connectivity index (χ3n) is 5.79. The SMILES string of the molecule is O=C(O)CCCN1CCCC2(CCc3cnc(-c4ccccc4)nc32)C1. The molecule has 1 aromatic heterocycles. The molecule has 26 heavy (non-hydrogen) atoms. The molecule has 2 aromatic rings. The van der Waals surface area contributed by atoms with Crippen LogP contribution in [0.25, 0.3) is 11.4 Å². The van der Waals surface area contributed by atoms with Crippen molar-refractivity contribution in [1.29, 1.82) is 0 Å². The summed E-state index contributed by atoms with van der Waals surface area (Å²) in [4.78, 5) is 22.8. The number of benzene rings is 1. The first kappa shape index (κ1) is 17.2. The van der Waals surface area contributed by atoms with Crippen molar-refractivity contribution in [2.45, 2.75) is 43.9 Å². The van der Waals surface area contributed by atoms with Gasteiger partial charge in [0.2, 0.25) is 0 Å². The number of aliphatic carboxylic acids is 1. The van der Waals surface area contributed by atoms with Crippen LogP contribution in [0.4, 0.5) is 0 Å². The Kier molecular flexibility index (Phi) is 4.72. The van der Waals surface area contributed by atoms with Gasteiger partial charge in [-0.2, -0.15) is 0 Å². The number of carboxylic acid groups (broad SMARTS) is 1. The normalized spacial score (nSPS) is 22.5. The molecule has 4 rings (SSSR count). The van der Waals surface area contributed by atoms with Gasteiger partial charge in [0.25, 0.3) is 0 Å². The summed E-state index contributed by atoms with van der Waals surface area (Å²) in [6, 6.07) is 10.2. The lowest BCUT2D eigenvalue weighted by atomic mass is 9.77. The number of likely N-dealkylation sites (tertiary alicyclic amines) is 1. The Bertz CT molecular complexity index is 789. The maximum atomic E-state index is 10.8. The number of aromatic nitrogens is 2. The van der Waals surface area contributed by atoms with Crippen molar-refractivity contribution in [2.24, 2.45) is 0 Å². The third kappa shape index (κ3) is 3.36. The maximum Gasteiger partial charge on any atom is 0.303 e. The molecule has 0 bridgehead atoms. The number of aryl methyl sites for hydroxylation is 1. The lowest BCUT2D eigenvalue weighted by molar-refractivity contribution is -0.137. The minimum Gasteiger partial charge on any atom is -0.481 e. The highest BCUT2D eigenvalue weighted by Gasteiger charge is 2.43. The van der Waals surface area contributed by atoms with Gasteiger partial charge in [0.1, 0.15) is 0 Å². The predicted molar refractivity (Wildman–Crippen MR) is 100 cm³/mol. The van der Waals surface area contributed by atoms with Crippen LogP contribution in [-0.4, -0.2) is 45.6 Å². The average Bonchev–Trinajstić information content (AvgIpc) is 3.00.